The number of ether oxygens (including phenoxy) is 1. The van der Waals surface area contributed by atoms with Crippen molar-refractivity contribution >= 4 is 15.9 Å². The van der Waals surface area contributed by atoms with Gasteiger partial charge in [-0.2, -0.15) is 14.6 Å². The van der Waals surface area contributed by atoms with Crippen LogP contribution in [0.15, 0.2) is 33.6 Å². The van der Waals surface area contributed by atoms with Gasteiger partial charge in [-0.25, -0.2) is 8.42 Å². The highest BCUT2D eigenvalue weighted by Crippen LogP contribution is 2.28. The summed E-state index contributed by atoms with van der Waals surface area (Å²) in [6, 6.07) is 8.49. The van der Waals surface area contributed by atoms with Crippen molar-refractivity contribution in [3.63, 3.8) is 0 Å². The molecule has 160 valence electrons. The third kappa shape index (κ3) is 4.36. The molecule has 0 unspecified atom stereocenters. The summed E-state index contributed by atoms with van der Waals surface area (Å²) in [5, 5.41) is 12.5. The molecule has 2 aromatic rings. The number of benzene rings is 1. The van der Waals surface area contributed by atoms with Crippen LogP contribution in [-0.4, -0.2) is 50.1 Å². The SMILES string of the molecule is CC1CCN(S(=O)(=O)c2ccc(-c3nc(C#N)c(NC[C@@H]4CCCO4)o3)cc2)CC1. The maximum Gasteiger partial charge on any atom is 0.243 e. The van der Waals surface area contributed by atoms with E-state index in [1.165, 1.54) is 0 Å². The van der Waals surface area contributed by atoms with Crippen LogP contribution >= 0.6 is 0 Å². The van der Waals surface area contributed by atoms with Crippen molar-refractivity contribution in [2.24, 2.45) is 5.92 Å². The van der Waals surface area contributed by atoms with E-state index >= 15 is 0 Å². The molecule has 0 radical (unpaired) electrons. The molecule has 2 aliphatic rings. The van der Waals surface area contributed by atoms with Crippen molar-refractivity contribution in [2.75, 3.05) is 31.6 Å². The van der Waals surface area contributed by atoms with Gasteiger partial charge in [0.2, 0.25) is 27.5 Å². The first-order valence-corrected chi connectivity index (χ1v) is 11.8. The largest absolute Gasteiger partial charge is 0.419 e. The zero-order valence-electron chi connectivity index (χ0n) is 17.0. The maximum absolute atomic E-state index is 12.9. The Morgan fingerprint density at radius 2 is 1.97 bits per heavy atom. The third-order valence-corrected chi connectivity index (χ3v) is 7.64. The molecule has 0 bridgehead atoms. The smallest absolute Gasteiger partial charge is 0.243 e. The summed E-state index contributed by atoms with van der Waals surface area (Å²) in [5.41, 5.74) is 0.782. The van der Waals surface area contributed by atoms with Crippen molar-refractivity contribution < 1.29 is 17.6 Å². The van der Waals surface area contributed by atoms with E-state index in [9.17, 15) is 13.7 Å². The van der Waals surface area contributed by atoms with Gasteiger partial charge in [-0.15, -0.1) is 0 Å². The van der Waals surface area contributed by atoms with Crippen molar-refractivity contribution in [2.45, 2.75) is 43.6 Å². The summed E-state index contributed by atoms with van der Waals surface area (Å²) >= 11 is 0. The Bertz CT molecular complexity index is 1010. The van der Waals surface area contributed by atoms with E-state index in [1.54, 1.807) is 28.6 Å². The first-order chi connectivity index (χ1) is 14.5. The lowest BCUT2D eigenvalue weighted by atomic mass is 10.0. The third-order valence-electron chi connectivity index (χ3n) is 5.73. The van der Waals surface area contributed by atoms with E-state index in [1.807, 2.05) is 6.07 Å². The average molecular weight is 431 g/mol. The van der Waals surface area contributed by atoms with Crippen LogP contribution in [0.3, 0.4) is 0 Å². The van der Waals surface area contributed by atoms with Crippen molar-refractivity contribution in [1.82, 2.24) is 9.29 Å². The van der Waals surface area contributed by atoms with Gasteiger partial charge in [0.15, 0.2) is 0 Å². The Morgan fingerprint density at radius 3 is 2.60 bits per heavy atom. The molecule has 4 rings (SSSR count). The highest BCUT2D eigenvalue weighted by Gasteiger charge is 2.28. The van der Waals surface area contributed by atoms with Crippen molar-refractivity contribution in [1.29, 1.82) is 5.26 Å². The molecule has 1 atom stereocenters. The zero-order chi connectivity index (χ0) is 21.1. The summed E-state index contributed by atoms with van der Waals surface area (Å²) in [6.07, 6.45) is 3.87. The molecule has 0 spiro atoms. The molecule has 0 amide bonds. The Balaban J connectivity index is 1.49. The summed E-state index contributed by atoms with van der Waals surface area (Å²) in [7, 11) is -3.51. The Morgan fingerprint density at radius 1 is 1.23 bits per heavy atom. The van der Waals surface area contributed by atoms with Crippen molar-refractivity contribution in [3.05, 3.63) is 30.0 Å². The number of hydrogen-bond acceptors (Lipinski definition) is 7. The van der Waals surface area contributed by atoms with Gasteiger partial charge >= 0.3 is 0 Å². The number of anilines is 1. The van der Waals surface area contributed by atoms with Gasteiger partial charge in [0.25, 0.3) is 0 Å². The molecule has 0 saturated carbocycles. The molecular weight excluding hydrogens is 404 g/mol. The van der Waals surface area contributed by atoms with Crippen LogP contribution in [0.1, 0.15) is 38.3 Å². The van der Waals surface area contributed by atoms with E-state index < -0.39 is 10.0 Å². The molecule has 30 heavy (non-hydrogen) atoms. The molecule has 1 N–H and O–H groups in total. The molecule has 8 nitrogen and oxygen atoms in total. The van der Waals surface area contributed by atoms with E-state index in [0.717, 1.165) is 32.3 Å². The Hall–Kier alpha value is -2.41. The number of sulfonamides is 1. The van der Waals surface area contributed by atoms with E-state index in [2.05, 4.69) is 17.2 Å². The van der Waals surface area contributed by atoms with Crippen molar-refractivity contribution in [3.8, 4) is 17.5 Å². The van der Waals surface area contributed by atoms with Crippen LogP contribution < -0.4 is 5.32 Å². The van der Waals surface area contributed by atoms with Crippen LogP contribution in [0, 0.1) is 17.2 Å². The summed E-state index contributed by atoms with van der Waals surface area (Å²) in [4.78, 5) is 4.50. The monoisotopic (exact) mass is 430 g/mol. The zero-order valence-corrected chi connectivity index (χ0v) is 17.8. The number of rotatable bonds is 6. The van der Waals surface area contributed by atoms with Gasteiger partial charge in [0, 0.05) is 31.8 Å². The number of piperidine rings is 1. The van der Waals surface area contributed by atoms with E-state index in [0.29, 0.717) is 37.0 Å². The van der Waals surface area contributed by atoms with Gasteiger partial charge in [-0.3, -0.25) is 0 Å². The number of aromatic nitrogens is 1. The second-order valence-corrected chi connectivity index (χ2v) is 9.87. The lowest BCUT2D eigenvalue weighted by Gasteiger charge is -2.29. The fourth-order valence-corrected chi connectivity index (χ4v) is 5.26. The molecule has 9 heteroatoms. The van der Waals surface area contributed by atoms with E-state index in [-0.39, 0.29) is 22.6 Å². The van der Waals surface area contributed by atoms with E-state index in [4.69, 9.17) is 9.15 Å². The second kappa shape index (κ2) is 8.76. The van der Waals surface area contributed by atoms with Crippen LogP contribution in [-0.2, 0) is 14.8 Å². The van der Waals surface area contributed by atoms with Gasteiger partial charge in [0.1, 0.15) is 6.07 Å². The summed E-state index contributed by atoms with van der Waals surface area (Å²) in [5.74, 6) is 1.14. The number of nitrogens with zero attached hydrogens (tertiary/aromatic N) is 3. The van der Waals surface area contributed by atoms with Gasteiger partial charge in [0.05, 0.1) is 11.0 Å². The number of nitriles is 1. The van der Waals surface area contributed by atoms with Crippen LogP contribution in [0.25, 0.3) is 11.5 Å². The minimum absolute atomic E-state index is 0.104. The van der Waals surface area contributed by atoms with Crippen LogP contribution in [0.2, 0.25) is 0 Å². The first-order valence-electron chi connectivity index (χ1n) is 10.3. The predicted octanol–water partition coefficient (Wildman–Crippen LogP) is 3.22. The molecule has 3 heterocycles. The highest BCUT2D eigenvalue weighted by atomic mass is 32.2. The van der Waals surface area contributed by atoms with Gasteiger partial charge in [-0.05, 0) is 55.9 Å². The second-order valence-electron chi connectivity index (χ2n) is 7.94. The average Bonchev–Trinajstić information content (AvgIpc) is 3.42. The molecule has 1 aromatic heterocycles. The molecular formula is C21H26N4O4S. The minimum atomic E-state index is -3.51. The molecule has 1 aromatic carbocycles. The van der Waals surface area contributed by atoms with Crippen LogP contribution in [0.5, 0.6) is 0 Å². The molecule has 2 fully saturated rings. The lowest BCUT2D eigenvalue weighted by molar-refractivity contribution is 0.120. The summed E-state index contributed by atoms with van der Waals surface area (Å²) < 4.78 is 38.6. The summed E-state index contributed by atoms with van der Waals surface area (Å²) in [6.45, 7) is 4.56. The fraction of sp³-hybridized carbons (Fsp3) is 0.524. The maximum atomic E-state index is 12.9. The highest BCUT2D eigenvalue weighted by molar-refractivity contribution is 7.89. The quantitative estimate of drug-likeness (QED) is 0.749. The molecule has 2 saturated heterocycles. The van der Waals surface area contributed by atoms with Gasteiger partial charge < -0.3 is 14.5 Å². The standard InChI is InChI=1S/C21H26N4O4S/c1-15-8-10-25(11-9-15)30(26,27)18-6-4-16(5-7-18)20-24-19(13-22)21(29-20)23-14-17-3-2-12-28-17/h4-7,15,17,23H,2-3,8-12,14H2,1H3/t17-/m0/s1. The number of oxazole rings is 1. The van der Waals surface area contributed by atoms with Crippen LogP contribution in [0.4, 0.5) is 5.88 Å². The molecule has 0 aliphatic carbocycles. The predicted molar refractivity (Wildman–Crippen MR) is 111 cm³/mol. The fourth-order valence-electron chi connectivity index (χ4n) is 3.79. The number of hydrogen-bond donors (Lipinski definition) is 1. The van der Waals surface area contributed by atoms with Gasteiger partial charge in [-0.1, -0.05) is 6.92 Å². The Kier molecular flexibility index (Phi) is 6.09. The Labute approximate surface area is 176 Å². The minimum Gasteiger partial charge on any atom is -0.419 e. The first kappa shape index (κ1) is 20.8. The molecule has 2 aliphatic heterocycles. The lowest BCUT2D eigenvalue weighted by Crippen LogP contribution is -2.37. The number of nitrogens with one attached hydrogen (secondary N) is 1. The normalized spacial score (nSPS) is 20.9. The topological polar surface area (TPSA) is 108 Å².